The molecule has 2 N–H and O–H groups in total. The topological polar surface area (TPSA) is 65.2 Å². The summed E-state index contributed by atoms with van der Waals surface area (Å²) in [5, 5.41) is 23.2. The Hall–Kier alpha value is -4.96. The molecule has 0 amide bonds. The molecule has 250 valence electrons. The Morgan fingerprint density at radius 2 is 1.02 bits per heavy atom. The molecule has 2 atom stereocenters. The van der Waals surface area contributed by atoms with E-state index >= 15 is 0 Å². The van der Waals surface area contributed by atoms with Gasteiger partial charge in [0.25, 0.3) is 0 Å². The highest BCUT2D eigenvalue weighted by molar-refractivity contribution is 5.87. The van der Waals surface area contributed by atoms with Crippen molar-refractivity contribution in [2.24, 2.45) is 9.98 Å². The van der Waals surface area contributed by atoms with Crippen LogP contribution < -0.4 is 0 Å². The Balaban J connectivity index is 1.51. The fourth-order valence-electron chi connectivity index (χ4n) is 7.39. The molecule has 0 unspecified atom stereocenters. The quantitative estimate of drug-likeness (QED) is 0.130. The zero-order chi connectivity index (χ0) is 34.6. The van der Waals surface area contributed by atoms with Gasteiger partial charge in [-0.25, -0.2) is 0 Å². The van der Waals surface area contributed by atoms with Gasteiger partial charge in [-0.15, -0.1) is 0 Å². The number of aryl methyl sites for hydroxylation is 2. The molecular formula is C45H48N2O2. The van der Waals surface area contributed by atoms with Crippen LogP contribution in [0.3, 0.4) is 0 Å². The SMILES string of the molecule is Cc1cc(C)c(O)c(C=N[C@@H]2CCCC[C@H]2N=Cc2cc(C(C)(C)C)cc(C(c3ccccc3)(c3ccccc3)c3ccccc3)c2O)c1. The monoisotopic (exact) mass is 648 g/mol. The van der Waals surface area contributed by atoms with Crippen molar-refractivity contribution in [3.63, 3.8) is 0 Å². The van der Waals surface area contributed by atoms with Crippen molar-refractivity contribution in [1.82, 2.24) is 0 Å². The van der Waals surface area contributed by atoms with E-state index in [2.05, 4.69) is 106 Å². The first kappa shape index (κ1) is 33.9. The molecule has 1 saturated carbocycles. The maximum atomic E-state index is 12.5. The van der Waals surface area contributed by atoms with Gasteiger partial charge < -0.3 is 10.2 Å². The largest absolute Gasteiger partial charge is 0.507 e. The first-order chi connectivity index (χ1) is 23.6. The maximum Gasteiger partial charge on any atom is 0.129 e. The number of hydrogen-bond donors (Lipinski definition) is 2. The van der Waals surface area contributed by atoms with Gasteiger partial charge in [-0.2, -0.15) is 0 Å². The third-order valence-corrected chi connectivity index (χ3v) is 10.0. The highest BCUT2D eigenvalue weighted by Crippen LogP contribution is 2.50. The second kappa shape index (κ2) is 14.3. The smallest absolute Gasteiger partial charge is 0.129 e. The van der Waals surface area contributed by atoms with Gasteiger partial charge in [-0.05, 0) is 83.7 Å². The average molecular weight is 649 g/mol. The summed E-state index contributed by atoms with van der Waals surface area (Å²) in [5.41, 5.74) is 7.59. The van der Waals surface area contributed by atoms with Crippen LogP contribution in [0.15, 0.2) is 125 Å². The van der Waals surface area contributed by atoms with Gasteiger partial charge in [0, 0.05) is 29.1 Å². The third kappa shape index (κ3) is 6.96. The lowest BCUT2D eigenvalue weighted by atomic mass is 9.64. The van der Waals surface area contributed by atoms with Crippen LogP contribution in [0.4, 0.5) is 0 Å². The third-order valence-electron chi connectivity index (χ3n) is 10.0. The van der Waals surface area contributed by atoms with Crippen LogP contribution in [0.1, 0.15) is 96.5 Å². The summed E-state index contributed by atoms with van der Waals surface area (Å²) in [6.45, 7) is 10.6. The minimum absolute atomic E-state index is 0.00493. The molecule has 0 aromatic heterocycles. The zero-order valence-electron chi connectivity index (χ0n) is 29.4. The van der Waals surface area contributed by atoms with Gasteiger partial charge in [0.05, 0.1) is 17.5 Å². The van der Waals surface area contributed by atoms with Gasteiger partial charge in [0.2, 0.25) is 0 Å². The second-order valence-electron chi connectivity index (χ2n) is 14.6. The summed E-state index contributed by atoms with van der Waals surface area (Å²) in [6.07, 6.45) is 7.73. The summed E-state index contributed by atoms with van der Waals surface area (Å²) in [5.74, 6) is 0.504. The molecule has 1 aliphatic rings. The molecule has 4 nitrogen and oxygen atoms in total. The first-order valence-electron chi connectivity index (χ1n) is 17.5. The van der Waals surface area contributed by atoms with Gasteiger partial charge in [0.1, 0.15) is 11.5 Å². The molecule has 0 bridgehead atoms. The van der Waals surface area contributed by atoms with Crippen LogP contribution in [0, 0.1) is 13.8 Å². The lowest BCUT2D eigenvalue weighted by Crippen LogP contribution is -2.32. The summed E-state index contributed by atoms with van der Waals surface area (Å²) in [4.78, 5) is 10.2. The minimum atomic E-state index is -0.788. The van der Waals surface area contributed by atoms with Crippen LogP contribution in [0.5, 0.6) is 11.5 Å². The van der Waals surface area contributed by atoms with Gasteiger partial charge in [-0.3, -0.25) is 9.98 Å². The Morgan fingerprint density at radius 1 is 0.571 bits per heavy atom. The molecule has 5 aromatic rings. The lowest BCUT2D eigenvalue weighted by Gasteiger charge is -2.38. The van der Waals surface area contributed by atoms with E-state index in [1.165, 1.54) is 0 Å². The first-order valence-corrected chi connectivity index (χ1v) is 17.5. The van der Waals surface area contributed by atoms with E-state index in [4.69, 9.17) is 9.98 Å². The van der Waals surface area contributed by atoms with Crippen LogP contribution in [-0.2, 0) is 10.8 Å². The number of hydrogen-bond acceptors (Lipinski definition) is 4. The summed E-state index contributed by atoms with van der Waals surface area (Å²) in [6, 6.07) is 39.8. The van der Waals surface area contributed by atoms with Crippen molar-refractivity contribution in [3.05, 3.63) is 165 Å². The van der Waals surface area contributed by atoms with Crippen molar-refractivity contribution < 1.29 is 10.2 Å². The van der Waals surface area contributed by atoms with E-state index in [0.29, 0.717) is 5.56 Å². The number of phenolic OH excluding ortho intramolecular Hbond substituents is 2. The number of rotatable bonds is 8. The van der Waals surface area contributed by atoms with E-state index in [1.807, 2.05) is 56.6 Å². The predicted octanol–water partition coefficient (Wildman–Crippen LogP) is 10.2. The van der Waals surface area contributed by atoms with Crippen LogP contribution in [0.2, 0.25) is 0 Å². The number of benzene rings is 5. The van der Waals surface area contributed by atoms with E-state index in [9.17, 15) is 10.2 Å². The molecule has 1 aliphatic carbocycles. The molecule has 0 spiro atoms. The highest BCUT2D eigenvalue weighted by atomic mass is 16.3. The van der Waals surface area contributed by atoms with E-state index < -0.39 is 5.41 Å². The highest BCUT2D eigenvalue weighted by Gasteiger charge is 2.41. The van der Waals surface area contributed by atoms with Crippen LogP contribution in [-0.4, -0.2) is 34.7 Å². The van der Waals surface area contributed by atoms with E-state index in [0.717, 1.165) is 70.2 Å². The van der Waals surface area contributed by atoms with E-state index in [1.54, 1.807) is 0 Å². The van der Waals surface area contributed by atoms with E-state index in [-0.39, 0.29) is 29.0 Å². The van der Waals surface area contributed by atoms with Crippen molar-refractivity contribution in [1.29, 1.82) is 0 Å². The summed E-state index contributed by atoms with van der Waals surface area (Å²) in [7, 11) is 0. The molecule has 0 radical (unpaired) electrons. The van der Waals surface area contributed by atoms with Crippen molar-refractivity contribution in [2.45, 2.75) is 83.2 Å². The summed E-state index contributed by atoms with van der Waals surface area (Å²) >= 11 is 0. The maximum absolute atomic E-state index is 12.5. The van der Waals surface area contributed by atoms with Gasteiger partial charge in [-0.1, -0.05) is 131 Å². The Morgan fingerprint density at radius 3 is 1.47 bits per heavy atom. The van der Waals surface area contributed by atoms with Gasteiger partial charge >= 0.3 is 0 Å². The minimum Gasteiger partial charge on any atom is -0.507 e. The standard InChI is InChI=1S/C45H48N2O2/c1-31-25-32(2)42(48)33(26-31)29-46-40-23-15-16-24-41(40)47-30-34-27-38(44(3,4)5)28-39(43(34)49)45(35-17-9-6-10-18-35,36-19-11-7-12-20-36)37-21-13-8-14-22-37/h6-14,17-22,25-30,40-41,48-49H,15-16,23-24H2,1-5H3/t40-,41-/m1/s1. The van der Waals surface area contributed by atoms with Crippen LogP contribution >= 0.6 is 0 Å². The molecule has 4 heteroatoms. The number of phenols is 2. The molecule has 5 aromatic carbocycles. The lowest BCUT2D eigenvalue weighted by molar-refractivity contribution is 0.390. The average Bonchev–Trinajstić information content (AvgIpc) is 3.11. The van der Waals surface area contributed by atoms with Crippen molar-refractivity contribution in [3.8, 4) is 11.5 Å². The molecule has 6 rings (SSSR count). The fourth-order valence-corrected chi connectivity index (χ4v) is 7.39. The van der Waals surface area contributed by atoms with Gasteiger partial charge in [0.15, 0.2) is 0 Å². The van der Waals surface area contributed by atoms with Crippen LogP contribution in [0.25, 0.3) is 0 Å². The zero-order valence-corrected chi connectivity index (χ0v) is 29.4. The number of aromatic hydroxyl groups is 2. The second-order valence-corrected chi connectivity index (χ2v) is 14.6. The molecule has 1 fully saturated rings. The molecular weight excluding hydrogens is 601 g/mol. The Kier molecular flexibility index (Phi) is 9.87. The molecule has 0 heterocycles. The molecule has 0 saturated heterocycles. The number of nitrogens with zero attached hydrogens (tertiary/aromatic N) is 2. The van der Waals surface area contributed by atoms with Crippen molar-refractivity contribution in [2.75, 3.05) is 0 Å². The number of aliphatic imine (C=N–C) groups is 2. The molecule has 0 aliphatic heterocycles. The normalized spacial score (nSPS) is 17.2. The van der Waals surface area contributed by atoms with Crippen molar-refractivity contribution >= 4 is 12.4 Å². The Labute approximate surface area is 292 Å². The Bertz CT molecular complexity index is 1840. The summed E-state index contributed by atoms with van der Waals surface area (Å²) < 4.78 is 0. The predicted molar refractivity (Wildman–Crippen MR) is 204 cm³/mol. The molecule has 49 heavy (non-hydrogen) atoms. The fraction of sp³-hybridized carbons (Fsp3) is 0.289.